The lowest BCUT2D eigenvalue weighted by atomic mass is 10.8. The number of sulfonamides is 1. The van der Waals surface area contributed by atoms with Crippen LogP contribution in [0.2, 0.25) is 0 Å². The first kappa shape index (κ1) is 11.4. The Morgan fingerprint density at radius 2 is 1.83 bits per heavy atom. The summed E-state index contributed by atoms with van der Waals surface area (Å²) < 4.78 is 44.3. The number of hydrogen-bond acceptors (Lipinski definition) is 5. The van der Waals surface area contributed by atoms with Gasteiger partial charge in [-0.1, -0.05) is 0 Å². The highest BCUT2D eigenvalue weighted by Gasteiger charge is 2.16. The van der Waals surface area contributed by atoms with Gasteiger partial charge < -0.3 is 0 Å². The standard InChI is InChI=1S/C4H8N2O4S2/c1-11(7,8)4-12(9,10)6-3-2-5/h6H,3-4H2,1H3. The molecule has 0 aromatic carbocycles. The van der Waals surface area contributed by atoms with Gasteiger partial charge in [-0.25, -0.2) is 21.6 Å². The third-order valence-corrected chi connectivity index (χ3v) is 4.28. The van der Waals surface area contributed by atoms with E-state index in [1.165, 1.54) is 6.07 Å². The maximum atomic E-state index is 10.8. The summed E-state index contributed by atoms with van der Waals surface area (Å²) in [5.74, 6) is 0. The zero-order chi connectivity index (χ0) is 9.83. The average Bonchev–Trinajstić information content (AvgIpc) is 1.78. The summed E-state index contributed by atoms with van der Waals surface area (Å²) in [7, 11) is -7.43. The van der Waals surface area contributed by atoms with Gasteiger partial charge in [-0.05, 0) is 0 Å². The molecule has 70 valence electrons. The molecule has 8 heteroatoms. The molecule has 0 saturated carbocycles. The Morgan fingerprint density at radius 1 is 1.33 bits per heavy atom. The lowest BCUT2D eigenvalue weighted by molar-refractivity contribution is 0.584. The lowest BCUT2D eigenvalue weighted by Gasteiger charge is -1.99. The van der Waals surface area contributed by atoms with Crippen LogP contribution in [0.3, 0.4) is 0 Å². The van der Waals surface area contributed by atoms with Gasteiger partial charge in [0.1, 0.15) is 0 Å². The van der Waals surface area contributed by atoms with E-state index in [1.807, 2.05) is 0 Å². The van der Waals surface area contributed by atoms with Crippen molar-refractivity contribution in [1.82, 2.24) is 4.72 Å². The van der Waals surface area contributed by atoms with E-state index >= 15 is 0 Å². The molecule has 0 saturated heterocycles. The van der Waals surface area contributed by atoms with E-state index in [9.17, 15) is 16.8 Å². The molecule has 0 aromatic heterocycles. The van der Waals surface area contributed by atoms with Gasteiger partial charge >= 0.3 is 0 Å². The number of nitriles is 1. The molecule has 0 radical (unpaired) electrons. The Hall–Kier alpha value is -0.650. The summed E-state index contributed by atoms with van der Waals surface area (Å²) in [6.45, 7) is -0.419. The molecule has 0 spiro atoms. The smallest absolute Gasteiger partial charge is 0.227 e. The van der Waals surface area contributed by atoms with Crippen molar-refractivity contribution in [2.75, 3.05) is 17.9 Å². The molecule has 0 bridgehead atoms. The minimum atomic E-state index is -3.86. The Balaban J connectivity index is 4.39. The molecule has 0 aliphatic rings. The number of hydrogen-bond donors (Lipinski definition) is 1. The minimum absolute atomic E-state index is 0.419. The zero-order valence-electron chi connectivity index (χ0n) is 6.31. The number of rotatable bonds is 4. The van der Waals surface area contributed by atoms with Crippen LogP contribution in [0.4, 0.5) is 0 Å². The van der Waals surface area contributed by atoms with Crippen LogP contribution in [0.15, 0.2) is 0 Å². The van der Waals surface area contributed by atoms with Crippen molar-refractivity contribution >= 4 is 19.9 Å². The molecular formula is C4H8N2O4S2. The van der Waals surface area contributed by atoms with Gasteiger partial charge in [0, 0.05) is 6.26 Å². The van der Waals surface area contributed by atoms with Crippen molar-refractivity contribution < 1.29 is 16.8 Å². The topological polar surface area (TPSA) is 104 Å². The first-order valence-electron chi connectivity index (χ1n) is 2.79. The number of nitrogens with one attached hydrogen (secondary N) is 1. The fourth-order valence-corrected chi connectivity index (χ4v) is 3.34. The van der Waals surface area contributed by atoms with E-state index < -0.39 is 31.5 Å². The molecule has 0 amide bonds. The van der Waals surface area contributed by atoms with Crippen molar-refractivity contribution in [3.8, 4) is 6.07 Å². The van der Waals surface area contributed by atoms with Gasteiger partial charge in [-0.2, -0.15) is 5.26 Å². The van der Waals surface area contributed by atoms with Crippen molar-refractivity contribution in [3.05, 3.63) is 0 Å². The highest BCUT2D eigenvalue weighted by Crippen LogP contribution is 1.90. The quantitative estimate of drug-likeness (QED) is 0.567. The fourth-order valence-electron chi connectivity index (χ4n) is 0.466. The van der Waals surface area contributed by atoms with Crippen LogP contribution in [-0.4, -0.2) is 34.7 Å². The molecule has 12 heavy (non-hydrogen) atoms. The molecule has 6 nitrogen and oxygen atoms in total. The van der Waals surface area contributed by atoms with Gasteiger partial charge in [0.2, 0.25) is 10.0 Å². The monoisotopic (exact) mass is 212 g/mol. The maximum absolute atomic E-state index is 10.8. The molecule has 0 aliphatic heterocycles. The summed E-state index contributed by atoms with van der Waals surface area (Å²) in [4.78, 5) is 0. The summed E-state index contributed by atoms with van der Waals surface area (Å²) >= 11 is 0. The third kappa shape index (κ3) is 6.09. The second kappa shape index (κ2) is 3.84. The molecule has 0 unspecified atom stereocenters. The first-order chi connectivity index (χ1) is 5.27. The summed E-state index contributed by atoms with van der Waals surface area (Å²) in [6, 6.07) is 1.52. The summed E-state index contributed by atoms with van der Waals surface area (Å²) in [5.41, 5.74) is 0. The van der Waals surface area contributed by atoms with Crippen molar-refractivity contribution in [1.29, 1.82) is 5.26 Å². The van der Waals surface area contributed by atoms with Gasteiger partial charge in [-0.3, -0.25) is 0 Å². The molecule has 0 aliphatic carbocycles. The van der Waals surface area contributed by atoms with E-state index in [0.29, 0.717) is 0 Å². The molecule has 0 aromatic rings. The van der Waals surface area contributed by atoms with Gasteiger partial charge in [-0.15, -0.1) is 0 Å². The van der Waals surface area contributed by atoms with Gasteiger partial charge in [0.05, 0.1) is 12.6 Å². The molecule has 1 N–H and O–H groups in total. The van der Waals surface area contributed by atoms with Crippen LogP contribution < -0.4 is 4.72 Å². The Morgan fingerprint density at radius 3 is 2.17 bits per heavy atom. The van der Waals surface area contributed by atoms with Crippen LogP contribution in [-0.2, 0) is 19.9 Å². The summed E-state index contributed by atoms with van der Waals surface area (Å²) in [6.07, 6.45) is 0.804. The highest BCUT2D eigenvalue weighted by molar-refractivity contribution is 8.06. The van der Waals surface area contributed by atoms with E-state index in [4.69, 9.17) is 5.26 Å². The van der Waals surface area contributed by atoms with Crippen LogP contribution in [0, 0.1) is 11.3 Å². The van der Waals surface area contributed by atoms with Crippen molar-refractivity contribution in [2.45, 2.75) is 0 Å². The first-order valence-corrected chi connectivity index (χ1v) is 6.50. The SMILES string of the molecule is CS(=O)(=O)CS(=O)(=O)NCC#N. The van der Waals surface area contributed by atoms with Crippen molar-refractivity contribution in [2.24, 2.45) is 0 Å². The second-order valence-electron chi connectivity index (χ2n) is 2.14. The van der Waals surface area contributed by atoms with Crippen LogP contribution in [0.1, 0.15) is 0 Å². The molecule has 0 atom stereocenters. The molecule has 0 fully saturated rings. The fraction of sp³-hybridized carbons (Fsp3) is 0.750. The Labute approximate surface area is 71.2 Å². The minimum Gasteiger partial charge on any atom is -0.228 e. The lowest BCUT2D eigenvalue weighted by Crippen LogP contribution is -2.29. The zero-order valence-corrected chi connectivity index (χ0v) is 7.94. The predicted octanol–water partition coefficient (Wildman–Crippen LogP) is -1.57. The van der Waals surface area contributed by atoms with Crippen molar-refractivity contribution in [3.63, 3.8) is 0 Å². The van der Waals surface area contributed by atoms with E-state index in [2.05, 4.69) is 0 Å². The van der Waals surface area contributed by atoms with Gasteiger partial charge in [0.15, 0.2) is 14.9 Å². The average molecular weight is 212 g/mol. The molecular weight excluding hydrogens is 204 g/mol. The third-order valence-electron chi connectivity index (χ3n) is 0.740. The Bertz CT molecular complexity index is 374. The maximum Gasteiger partial charge on any atom is 0.227 e. The van der Waals surface area contributed by atoms with Crippen LogP contribution in [0.5, 0.6) is 0 Å². The summed E-state index contributed by atoms with van der Waals surface area (Å²) in [5, 5.41) is 7.02. The van der Waals surface area contributed by atoms with E-state index in [-0.39, 0.29) is 0 Å². The molecule has 0 rings (SSSR count). The molecule has 0 heterocycles. The Kier molecular flexibility index (Phi) is 3.63. The number of nitrogens with zero attached hydrogens (tertiary/aromatic N) is 1. The van der Waals surface area contributed by atoms with Crippen LogP contribution >= 0.6 is 0 Å². The second-order valence-corrected chi connectivity index (χ2v) is 6.45. The number of sulfone groups is 1. The van der Waals surface area contributed by atoms with Gasteiger partial charge in [0.25, 0.3) is 0 Å². The van der Waals surface area contributed by atoms with E-state index in [0.717, 1.165) is 6.26 Å². The highest BCUT2D eigenvalue weighted by atomic mass is 32.3. The largest absolute Gasteiger partial charge is 0.228 e. The van der Waals surface area contributed by atoms with Crippen LogP contribution in [0.25, 0.3) is 0 Å². The predicted molar refractivity (Wildman–Crippen MR) is 42.2 cm³/mol. The van der Waals surface area contributed by atoms with E-state index in [1.54, 1.807) is 4.72 Å². The normalized spacial score (nSPS) is 12.3.